The van der Waals surface area contributed by atoms with Gasteiger partial charge in [-0.05, 0) is 19.4 Å². The second-order valence-corrected chi connectivity index (χ2v) is 4.72. The second-order valence-electron chi connectivity index (χ2n) is 4.00. The Morgan fingerprint density at radius 3 is 3.06 bits per heavy atom. The first-order valence-corrected chi connectivity index (χ1v) is 6.28. The van der Waals surface area contributed by atoms with E-state index in [2.05, 4.69) is 40.8 Å². The highest BCUT2D eigenvalue weighted by atomic mass is 32.1. The van der Waals surface area contributed by atoms with E-state index in [-0.39, 0.29) is 0 Å². The van der Waals surface area contributed by atoms with Crippen LogP contribution in [0.4, 0.5) is 0 Å². The van der Waals surface area contributed by atoms with Gasteiger partial charge in [0.2, 0.25) is 0 Å². The van der Waals surface area contributed by atoms with E-state index in [1.165, 1.54) is 5.56 Å². The van der Waals surface area contributed by atoms with Gasteiger partial charge < -0.3 is 5.32 Å². The van der Waals surface area contributed by atoms with Gasteiger partial charge in [0.25, 0.3) is 0 Å². The molecular formula is C11H16N4S. The maximum absolute atomic E-state index is 4.26. The minimum Gasteiger partial charge on any atom is -0.307 e. The fourth-order valence-electron chi connectivity index (χ4n) is 1.52. The normalized spacial score (nSPS) is 12.9. The summed E-state index contributed by atoms with van der Waals surface area (Å²) in [6.07, 6.45) is 3.94. The molecule has 86 valence electrons. The highest BCUT2D eigenvalue weighted by Gasteiger charge is 2.04. The van der Waals surface area contributed by atoms with Gasteiger partial charge in [0, 0.05) is 24.2 Å². The molecule has 1 N–H and O–H groups in total. The Balaban J connectivity index is 1.78. The van der Waals surface area contributed by atoms with Crippen molar-refractivity contribution in [2.45, 2.75) is 33.0 Å². The molecule has 2 rings (SSSR count). The van der Waals surface area contributed by atoms with Crippen molar-refractivity contribution in [3.63, 3.8) is 0 Å². The molecule has 0 radical (unpaired) electrons. The third kappa shape index (κ3) is 3.15. The number of nitrogens with zero attached hydrogens (tertiary/aromatic N) is 3. The van der Waals surface area contributed by atoms with Crippen LogP contribution >= 0.6 is 11.3 Å². The monoisotopic (exact) mass is 236 g/mol. The lowest BCUT2D eigenvalue weighted by molar-refractivity contribution is 0.449. The smallest absolute Gasteiger partial charge is 0.0795 e. The molecule has 2 heterocycles. The first-order chi connectivity index (χ1) is 7.74. The van der Waals surface area contributed by atoms with Gasteiger partial charge in [-0.3, -0.25) is 4.68 Å². The van der Waals surface area contributed by atoms with Gasteiger partial charge in [-0.25, -0.2) is 4.98 Å². The van der Waals surface area contributed by atoms with Gasteiger partial charge in [-0.1, -0.05) is 0 Å². The van der Waals surface area contributed by atoms with Crippen LogP contribution in [-0.2, 0) is 13.1 Å². The minimum absolute atomic E-state index is 0.390. The average Bonchev–Trinajstić information content (AvgIpc) is 2.87. The van der Waals surface area contributed by atoms with E-state index in [9.17, 15) is 0 Å². The zero-order valence-electron chi connectivity index (χ0n) is 9.55. The van der Waals surface area contributed by atoms with Crippen molar-refractivity contribution >= 4 is 11.3 Å². The SMILES string of the molecule is Cc1cnn(C[C@H](C)NCc2cscn2)c1. The molecular weight excluding hydrogens is 220 g/mol. The minimum atomic E-state index is 0.390. The standard InChI is InChI=1S/C11H16N4S/c1-9-3-14-15(5-9)6-10(2)12-4-11-7-16-8-13-11/h3,5,7-8,10,12H,4,6H2,1-2H3/t10-/m0/s1. The predicted octanol–water partition coefficient (Wildman–Crippen LogP) is 1.83. The summed E-state index contributed by atoms with van der Waals surface area (Å²) in [6, 6.07) is 0.390. The fourth-order valence-corrected chi connectivity index (χ4v) is 2.07. The molecule has 0 aromatic carbocycles. The van der Waals surface area contributed by atoms with Gasteiger partial charge in [-0.15, -0.1) is 11.3 Å². The molecule has 16 heavy (non-hydrogen) atoms. The lowest BCUT2D eigenvalue weighted by Crippen LogP contribution is -2.30. The number of aryl methyl sites for hydroxylation is 1. The predicted molar refractivity (Wildman–Crippen MR) is 65.4 cm³/mol. The third-order valence-corrected chi connectivity index (χ3v) is 2.97. The van der Waals surface area contributed by atoms with Crippen LogP contribution in [0.3, 0.4) is 0 Å². The summed E-state index contributed by atoms with van der Waals surface area (Å²) in [5.74, 6) is 0. The van der Waals surface area contributed by atoms with Crippen LogP contribution in [0.2, 0.25) is 0 Å². The second kappa shape index (κ2) is 5.23. The van der Waals surface area contributed by atoms with Gasteiger partial charge in [-0.2, -0.15) is 5.10 Å². The number of aromatic nitrogens is 3. The highest BCUT2D eigenvalue weighted by molar-refractivity contribution is 7.07. The lowest BCUT2D eigenvalue weighted by Gasteiger charge is -2.12. The average molecular weight is 236 g/mol. The molecule has 0 saturated heterocycles. The zero-order valence-corrected chi connectivity index (χ0v) is 10.4. The lowest BCUT2D eigenvalue weighted by atomic mass is 10.3. The number of rotatable bonds is 5. The highest BCUT2D eigenvalue weighted by Crippen LogP contribution is 2.01. The van der Waals surface area contributed by atoms with Crippen molar-refractivity contribution < 1.29 is 0 Å². The van der Waals surface area contributed by atoms with Crippen molar-refractivity contribution in [3.8, 4) is 0 Å². The summed E-state index contributed by atoms with van der Waals surface area (Å²) in [4.78, 5) is 4.23. The summed E-state index contributed by atoms with van der Waals surface area (Å²) in [7, 11) is 0. The van der Waals surface area contributed by atoms with Crippen molar-refractivity contribution in [2.24, 2.45) is 0 Å². The van der Waals surface area contributed by atoms with E-state index in [0.717, 1.165) is 18.8 Å². The molecule has 0 aliphatic heterocycles. The Morgan fingerprint density at radius 2 is 2.44 bits per heavy atom. The van der Waals surface area contributed by atoms with Gasteiger partial charge in [0.05, 0.1) is 23.9 Å². The van der Waals surface area contributed by atoms with Crippen LogP contribution in [0.15, 0.2) is 23.3 Å². The first kappa shape index (κ1) is 11.3. The van der Waals surface area contributed by atoms with Crippen molar-refractivity contribution in [1.82, 2.24) is 20.1 Å². The number of nitrogens with one attached hydrogen (secondary N) is 1. The van der Waals surface area contributed by atoms with Crippen molar-refractivity contribution in [2.75, 3.05) is 0 Å². The zero-order chi connectivity index (χ0) is 11.4. The molecule has 0 aliphatic carbocycles. The maximum atomic E-state index is 4.26. The molecule has 1 atom stereocenters. The topological polar surface area (TPSA) is 42.7 Å². The molecule has 0 spiro atoms. The van der Waals surface area contributed by atoms with Crippen LogP contribution in [0, 0.1) is 6.92 Å². The Labute approximate surface area is 99.3 Å². The largest absolute Gasteiger partial charge is 0.307 e. The first-order valence-electron chi connectivity index (χ1n) is 5.33. The van der Waals surface area contributed by atoms with Crippen LogP contribution < -0.4 is 5.32 Å². The van der Waals surface area contributed by atoms with E-state index >= 15 is 0 Å². The molecule has 0 aliphatic rings. The molecule has 0 unspecified atom stereocenters. The van der Waals surface area contributed by atoms with E-state index in [0.29, 0.717) is 6.04 Å². The van der Waals surface area contributed by atoms with E-state index in [4.69, 9.17) is 0 Å². The Hall–Kier alpha value is -1.20. The van der Waals surface area contributed by atoms with Crippen LogP contribution in [0.5, 0.6) is 0 Å². The summed E-state index contributed by atoms with van der Waals surface area (Å²) in [5.41, 5.74) is 4.17. The van der Waals surface area contributed by atoms with E-state index < -0.39 is 0 Å². The summed E-state index contributed by atoms with van der Waals surface area (Å²) in [6.45, 7) is 5.92. The number of hydrogen-bond donors (Lipinski definition) is 1. The number of hydrogen-bond acceptors (Lipinski definition) is 4. The molecule has 0 amide bonds. The Morgan fingerprint density at radius 1 is 1.56 bits per heavy atom. The van der Waals surface area contributed by atoms with Crippen LogP contribution in [-0.4, -0.2) is 20.8 Å². The van der Waals surface area contributed by atoms with Crippen molar-refractivity contribution in [1.29, 1.82) is 0 Å². The maximum Gasteiger partial charge on any atom is 0.0795 e. The summed E-state index contributed by atoms with van der Waals surface area (Å²) < 4.78 is 1.97. The van der Waals surface area contributed by atoms with Crippen molar-refractivity contribution in [3.05, 3.63) is 34.5 Å². The molecule has 0 fully saturated rings. The quantitative estimate of drug-likeness (QED) is 0.861. The molecule has 0 saturated carbocycles. The Kier molecular flexibility index (Phi) is 3.69. The third-order valence-electron chi connectivity index (χ3n) is 2.34. The molecule has 2 aromatic rings. The van der Waals surface area contributed by atoms with Crippen LogP contribution in [0.25, 0.3) is 0 Å². The molecule has 2 aromatic heterocycles. The van der Waals surface area contributed by atoms with Gasteiger partial charge >= 0.3 is 0 Å². The summed E-state index contributed by atoms with van der Waals surface area (Å²) in [5, 5.41) is 9.76. The van der Waals surface area contributed by atoms with Gasteiger partial charge in [0.15, 0.2) is 0 Å². The summed E-state index contributed by atoms with van der Waals surface area (Å²) >= 11 is 1.63. The number of thiazole rings is 1. The molecule has 0 bridgehead atoms. The fraction of sp³-hybridized carbons (Fsp3) is 0.455. The van der Waals surface area contributed by atoms with Crippen LogP contribution in [0.1, 0.15) is 18.2 Å². The Bertz CT molecular complexity index is 421. The van der Waals surface area contributed by atoms with E-state index in [1.807, 2.05) is 16.4 Å². The van der Waals surface area contributed by atoms with E-state index in [1.54, 1.807) is 11.3 Å². The van der Waals surface area contributed by atoms with Gasteiger partial charge in [0.1, 0.15) is 0 Å². The molecule has 5 heteroatoms. The molecule has 4 nitrogen and oxygen atoms in total.